The summed E-state index contributed by atoms with van der Waals surface area (Å²) in [5, 5.41) is 0. The van der Waals surface area contributed by atoms with Gasteiger partial charge in [-0.05, 0) is 12.8 Å². The predicted octanol–water partition coefficient (Wildman–Crippen LogP) is 6.76. The quantitative estimate of drug-likeness (QED) is 0.217. The number of esters is 1. The number of halogens is 1. The molecule has 0 aliphatic carbocycles. The highest BCUT2D eigenvalue weighted by Gasteiger charge is 2.08. The minimum Gasteiger partial charge on any atom is -0.466 e. The van der Waals surface area contributed by atoms with E-state index in [0.29, 0.717) is 19.3 Å². The lowest BCUT2D eigenvalue weighted by Crippen LogP contribution is -2.10. The van der Waals surface area contributed by atoms with Crippen molar-refractivity contribution in [2.24, 2.45) is 0 Å². The first-order chi connectivity index (χ1) is 11.2. The Morgan fingerprint density at radius 2 is 1.30 bits per heavy atom. The summed E-state index contributed by atoms with van der Waals surface area (Å²) in [5.41, 5.74) is 0. The molecule has 0 aromatic carbocycles. The predicted molar refractivity (Wildman–Crippen MR) is 96.5 cm³/mol. The van der Waals surface area contributed by atoms with Gasteiger partial charge in [-0.15, -0.1) is 0 Å². The normalized spacial score (nSPS) is 12.3. The zero-order valence-electron chi connectivity index (χ0n) is 15.6. The summed E-state index contributed by atoms with van der Waals surface area (Å²) < 4.78 is 18.7. The molecule has 3 heteroatoms. The minimum absolute atomic E-state index is 0.159. The number of alkyl halides is 1. The topological polar surface area (TPSA) is 26.3 Å². The fourth-order valence-electron chi connectivity index (χ4n) is 2.71. The molecular formula is C20H39FO2. The molecule has 0 spiro atoms. The van der Waals surface area contributed by atoms with E-state index in [9.17, 15) is 9.18 Å². The van der Waals surface area contributed by atoms with Gasteiger partial charge in [0.15, 0.2) is 0 Å². The Morgan fingerprint density at radius 3 is 1.91 bits per heavy atom. The second kappa shape index (κ2) is 17.7. The smallest absolute Gasteiger partial charge is 0.305 e. The molecule has 0 bridgehead atoms. The van der Waals surface area contributed by atoms with E-state index in [-0.39, 0.29) is 12.6 Å². The zero-order chi connectivity index (χ0) is 17.2. The molecule has 1 atom stereocenters. The van der Waals surface area contributed by atoms with Crippen LogP contribution in [0.5, 0.6) is 0 Å². The molecular weight excluding hydrogens is 291 g/mol. The van der Waals surface area contributed by atoms with Gasteiger partial charge >= 0.3 is 5.97 Å². The van der Waals surface area contributed by atoms with Crippen LogP contribution in [0.15, 0.2) is 0 Å². The monoisotopic (exact) mass is 330 g/mol. The van der Waals surface area contributed by atoms with E-state index in [0.717, 1.165) is 25.7 Å². The van der Waals surface area contributed by atoms with Crippen LogP contribution in [0.2, 0.25) is 0 Å². The van der Waals surface area contributed by atoms with Crippen molar-refractivity contribution in [1.82, 2.24) is 0 Å². The van der Waals surface area contributed by atoms with E-state index in [4.69, 9.17) is 4.74 Å². The lowest BCUT2D eigenvalue weighted by molar-refractivity contribution is -0.144. The summed E-state index contributed by atoms with van der Waals surface area (Å²) in [5.74, 6) is -0.159. The van der Waals surface area contributed by atoms with Crippen LogP contribution in [-0.4, -0.2) is 18.7 Å². The molecule has 0 aliphatic rings. The van der Waals surface area contributed by atoms with E-state index in [1.165, 1.54) is 51.4 Å². The number of hydrogen-bond acceptors (Lipinski definition) is 2. The molecule has 0 aromatic rings. The summed E-state index contributed by atoms with van der Waals surface area (Å²) in [7, 11) is 0. The average Bonchev–Trinajstić information content (AvgIpc) is 2.54. The molecule has 0 radical (unpaired) electrons. The van der Waals surface area contributed by atoms with Gasteiger partial charge in [0.25, 0.3) is 0 Å². The van der Waals surface area contributed by atoms with Gasteiger partial charge in [0.2, 0.25) is 0 Å². The van der Waals surface area contributed by atoms with Crippen molar-refractivity contribution < 1.29 is 13.9 Å². The van der Waals surface area contributed by atoms with Crippen molar-refractivity contribution in [2.45, 2.75) is 116 Å². The van der Waals surface area contributed by atoms with Crippen LogP contribution in [-0.2, 0) is 9.53 Å². The van der Waals surface area contributed by atoms with Crippen molar-refractivity contribution in [2.75, 3.05) is 6.61 Å². The van der Waals surface area contributed by atoms with Gasteiger partial charge in [-0.25, -0.2) is 4.39 Å². The van der Waals surface area contributed by atoms with Gasteiger partial charge in [-0.2, -0.15) is 0 Å². The number of carbonyl (C=O) groups excluding carboxylic acids is 1. The van der Waals surface area contributed by atoms with Crippen molar-refractivity contribution >= 4 is 5.97 Å². The summed E-state index contributed by atoms with van der Waals surface area (Å²) >= 11 is 0. The molecule has 0 aliphatic heterocycles. The third kappa shape index (κ3) is 17.6. The first-order valence-corrected chi connectivity index (χ1v) is 10.00. The maximum absolute atomic E-state index is 13.6. The Kier molecular flexibility index (Phi) is 17.3. The highest BCUT2D eigenvalue weighted by Crippen LogP contribution is 2.13. The third-order valence-electron chi connectivity index (χ3n) is 4.30. The highest BCUT2D eigenvalue weighted by atomic mass is 19.1. The lowest BCUT2D eigenvalue weighted by Gasteiger charge is -2.09. The molecule has 0 amide bonds. The van der Waals surface area contributed by atoms with Gasteiger partial charge in [-0.3, -0.25) is 4.79 Å². The Morgan fingerprint density at radius 1 is 0.783 bits per heavy atom. The largest absolute Gasteiger partial charge is 0.466 e. The second-order valence-corrected chi connectivity index (χ2v) is 6.68. The first-order valence-electron chi connectivity index (χ1n) is 10.00. The molecule has 0 fully saturated rings. The van der Waals surface area contributed by atoms with Gasteiger partial charge in [-0.1, -0.05) is 84.5 Å². The molecule has 1 unspecified atom stereocenters. The molecule has 0 saturated carbocycles. The van der Waals surface area contributed by atoms with Crippen LogP contribution in [0, 0.1) is 0 Å². The Balaban J connectivity index is 3.31. The van der Waals surface area contributed by atoms with Crippen LogP contribution in [0.25, 0.3) is 0 Å². The van der Waals surface area contributed by atoms with Gasteiger partial charge < -0.3 is 4.74 Å². The van der Waals surface area contributed by atoms with Crippen LogP contribution in [0.3, 0.4) is 0 Å². The number of hydrogen-bond donors (Lipinski definition) is 0. The molecule has 0 heterocycles. The molecule has 138 valence electrons. The minimum atomic E-state index is -0.817. The summed E-state index contributed by atoms with van der Waals surface area (Å²) in [4.78, 5) is 11.5. The zero-order valence-corrected chi connectivity index (χ0v) is 15.6. The molecule has 23 heavy (non-hydrogen) atoms. The first kappa shape index (κ1) is 22.4. The highest BCUT2D eigenvalue weighted by molar-refractivity contribution is 5.69. The van der Waals surface area contributed by atoms with Crippen molar-refractivity contribution in [1.29, 1.82) is 0 Å². The van der Waals surface area contributed by atoms with E-state index in [1.54, 1.807) is 0 Å². The molecule has 0 aromatic heterocycles. The van der Waals surface area contributed by atoms with E-state index < -0.39 is 6.17 Å². The number of ether oxygens (including phenoxy) is 1. The maximum Gasteiger partial charge on any atom is 0.305 e. The van der Waals surface area contributed by atoms with Crippen LogP contribution < -0.4 is 0 Å². The van der Waals surface area contributed by atoms with E-state index in [2.05, 4.69) is 13.8 Å². The standard InChI is InChI=1S/C20H39FO2/c1-3-5-7-9-10-12-14-16-20(22)23-18-17-19(21)15-13-11-8-6-4-2/h19H,3-18H2,1-2H3. The fourth-order valence-corrected chi connectivity index (χ4v) is 2.71. The average molecular weight is 331 g/mol. The number of carbonyl (C=O) groups is 1. The maximum atomic E-state index is 13.6. The van der Waals surface area contributed by atoms with Crippen molar-refractivity contribution in [3.63, 3.8) is 0 Å². The van der Waals surface area contributed by atoms with Crippen LogP contribution >= 0.6 is 0 Å². The molecule has 0 saturated heterocycles. The Bertz CT molecular complexity index is 256. The molecule has 0 N–H and O–H groups in total. The molecule has 0 rings (SSSR count). The van der Waals surface area contributed by atoms with Crippen LogP contribution in [0.1, 0.15) is 110 Å². The van der Waals surface area contributed by atoms with Crippen molar-refractivity contribution in [3.05, 3.63) is 0 Å². The fraction of sp³-hybridized carbons (Fsp3) is 0.950. The summed E-state index contributed by atoms with van der Waals surface area (Å²) in [6, 6.07) is 0. The van der Waals surface area contributed by atoms with Crippen LogP contribution in [0.4, 0.5) is 4.39 Å². The van der Waals surface area contributed by atoms with E-state index >= 15 is 0 Å². The number of unbranched alkanes of at least 4 members (excludes halogenated alkanes) is 10. The molecule has 2 nitrogen and oxygen atoms in total. The second-order valence-electron chi connectivity index (χ2n) is 6.68. The SMILES string of the molecule is CCCCCCCCCC(=O)OCCC(F)CCCCCCC. The van der Waals surface area contributed by atoms with Gasteiger partial charge in [0, 0.05) is 12.8 Å². The Hall–Kier alpha value is -0.600. The lowest BCUT2D eigenvalue weighted by atomic mass is 10.1. The Labute approximate surface area is 143 Å². The summed E-state index contributed by atoms with van der Waals surface area (Å²) in [6.45, 7) is 4.63. The van der Waals surface area contributed by atoms with E-state index in [1.807, 2.05) is 0 Å². The van der Waals surface area contributed by atoms with Crippen molar-refractivity contribution in [3.8, 4) is 0 Å². The number of rotatable bonds is 17. The van der Waals surface area contributed by atoms with Gasteiger partial charge in [0.05, 0.1) is 6.61 Å². The third-order valence-corrected chi connectivity index (χ3v) is 4.30. The summed E-state index contributed by atoms with van der Waals surface area (Å²) in [6.07, 6.45) is 14.7. The van der Waals surface area contributed by atoms with Gasteiger partial charge in [0.1, 0.15) is 6.17 Å².